The quantitative estimate of drug-likeness (QED) is 0.357. The van der Waals surface area contributed by atoms with E-state index in [-0.39, 0.29) is 5.16 Å². The number of hydrogen-bond donors (Lipinski definition) is 0. The second-order valence-corrected chi connectivity index (χ2v) is 12.0. The molecule has 0 bridgehead atoms. The van der Waals surface area contributed by atoms with Gasteiger partial charge in [-0.15, -0.1) is 10.2 Å². The van der Waals surface area contributed by atoms with E-state index in [0.717, 1.165) is 16.7 Å². The van der Waals surface area contributed by atoms with E-state index < -0.39 is 34.5 Å². The number of benzene rings is 1. The van der Waals surface area contributed by atoms with E-state index in [4.69, 9.17) is 9.47 Å². The van der Waals surface area contributed by atoms with Crippen molar-refractivity contribution >= 4 is 46.9 Å². The smallest absolute Gasteiger partial charge is 0.422 e. The minimum atomic E-state index is -0.821. The molecular weight excluding hydrogens is 500 g/mol. The lowest BCUT2D eigenvalue weighted by Gasteiger charge is -2.27. The van der Waals surface area contributed by atoms with Crippen LogP contribution in [0.2, 0.25) is 0 Å². The normalized spacial score (nSPS) is 12.6. The maximum Gasteiger partial charge on any atom is 0.422 e. The zero-order valence-corrected chi connectivity index (χ0v) is 23.0. The van der Waals surface area contributed by atoms with Gasteiger partial charge in [0.05, 0.1) is 10.9 Å². The van der Waals surface area contributed by atoms with Crippen LogP contribution < -0.4 is 4.90 Å². The van der Waals surface area contributed by atoms with Crippen LogP contribution in [0.4, 0.5) is 15.3 Å². The van der Waals surface area contributed by atoms with E-state index in [1.807, 2.05) is 16.8 Å². The molecule has 2 aromatic heterocycles. The van der Waals surface area contributed by atoms with Gasteiger partial charge >= 0.3 is 12.2 Å². The fourth-order valence-electron chi connectivity index (χ4n) is 2.99. The van der Waals surface area contributed by atoms with Gasteiger partial charge in [-0.25, -0.2) is 19.1 Å². The summed E-state index contributed by atoms with van der Waals surface area (Å²) in [7, 11) is 0. The molecule has 1 atom stereocenters. The molecule has 0 saturated carbocycles. The second kappa shape index (κ2) is 10.8. The van der Waals surface area contributed by atoms with Crippen LogP contribution in [0.3, 0.4) is 0 Å². The van der Waals surface area contributed by atoms with Crippen molar-refractivity contribution in [3.05, 3.63) is 47.2 Å². The van der Waals surface area contributed by atoms with Crippen molar-refractivity contribution in [3.8, 4) is 11.4 Å². The Labute approximate surface area is 218 Å². The first-order chi connectivity index (χ1) is 16.8. The number of anilines is 1. The van der Waals surface area contributed by atoms with Crippen LogP contribution in [0.1, 0.15) is 48.5 Å². The van der Waals surface area contributed by atoms with Gasteiger partial charge < -0.3 is 9.47 Å². The number of ether oxygens (including phenoxy) is 2. The minimum absolute atomic E-state index is 0.170. The highest BCUT2D eigenvalue weighted by molar-refractivity contribution is 8.00. The number of amides is 2. The first-order valence-electron chi connectivity index (χ1n) is 11.3. The van der Waals surface area contributed by atoms with Gasteiger partial charge in [0.25, 0.3) is 0 Å². The van der Waals surface area contributed by atoms with Gasteiger partial charge in [0.2, 0.25) is 11.1 Å². The molecule has 1 unspecified atom stereocenters. The minimum Gasteiger partial charge on any atom is -0.443 e. The highest BCUT2D eigenvalue weighted by Gasteiger charge is 2.34. The summed E-state index contributed by atoms with van der Waals surface area (Å²) in [4.78, 5) is 40.7. The molecule has 36 heavy (non-hydrogen) atoms. The molecule has 0 aliphatic rings. The van der Waals surface area contributed by atoms with Crippen LogP contribution in [-0.4, -0.2) is 49.3 Å². The summed E-state index contributed by atoms with van der Waals surface area (Å²) in [6.07, 6.45) is -1.46. The Morgan fingerprint density at radius 3 is 2.17 bits per heavy atom. The predicted molar refractivity (Wildman–Crippen MR) is 140 cm³/mol. The SMILES string of the molecule is CC(Sc1nnc(-c2ccsc2)n1C(=O)OC(C)(C)C)C(=O)N(C(=O)OC(C)(C)C)c1ccccc1. The number of imide groups is 1. The van der Waals surface area contributed by atoms with Crippen LogP contribution in [0.5, 0.6) is 0 Å². The largest absolute Gasteiger partial charge is 0.443 e. The number of nitrogens with zero attached hydrogens (tertiary/aromatic N) is 4. The van der Waals surface area contributed by atoms with Crippen LogP contribution in [0, 0.1) is 0 Å². The highest BCUT2D eigenvalue weighted by Crippen LogP contribution is 2.31. The average molecular weight is 531 g/mol. The Morgan fingerprint density at radius 2 is 1.61 bits per heavy atom. The first-order valence-corrected chi connectivity index (χ1v) is 13.1. The zero-order valence-electron chi connectivity index (χ0n) is 21.3. The van der Waals surface area contributed by atoms with Gasteiger partial charge in [0.1, 0.15) is 11.2 Å². The van der Waals surface area contributed by atoms with Crippen molar-refractivity contribution in [3.63, 3.8) is 0 Å². The third-order valence-corrected chi connectivity index (χ3v) is 6.14. The van der Waals surface area contributed by atoms with E-state index in [2.05, 4.69) is 10.2 Å². The third kappa shape index (κ3) is 6.94. The van der Waals surface area contributed by atoms with Gasteiger partial charge in [-0.1, -0.05) is 30.0 Å². The van der Waals surface area contributed by atoms with E-state index in [1.165, 1.54) is 15.9 Å². The molecular formula is C25H30N4O5S2. The van der Waals surface area contributed by atoms with E-state index in [9.17, 15) is 14.4 Å². The number of hydrogen-bond acceptors (Lipinski definition) is 9. The average Bonchev–Trinajstić information content (AvgIpc) is 3.41. The monoisotopic (exact) mass is 530 g/mol. The maximum atomic E-state index is 13.6. The van der Waals surface area contributed by atoms with E-state index >= 15 is 0 Å². The number of para-hydroxylation sites is 1. The van der Waals surface area contributed by atoms with Crippen LogP contribution in [-0.2, 0) is 14.3 Å². The second-order valence-electron chi connectivity index (χ2n) is 9.88. The van der Waals surface area contributed by atoms with Crippen molar-refractivity contribution in [2.75, 3.05) is 4.90 Å². The lowest BCUT2D eigenvalue weighted by atomic mass is 10.2. The number of rotatable bonds is 5. The Hall–Kier alpha value is -3.18. The topological polar surface area (TPSA) is 104 Å². The molecule has 2 amide bonds. The van der Waals surface area contributed by atoms with Crippen molar-refractivity contribution < 1.29 is 23.9 Å². The molecule has 0 N–H and O–H groups in total. The number of carbonyl (C=O) groups is 3. The van der Waals surface area contributed by atoms with Crippen LogP contribution >= 0.6 is 23.1 Å². The zero-order chi connectivity index (χ0) is 26.7. The highest BCUT2D eigenvalue weighted by atomic mass is 32.2. The van der Waals surface area contributed by atoms with Crippen molar-refractivity contribution in [1.82, 2.24) is 14.8 Å². The van der Waals surface area contributed by atoms with Crippen LogP contribution in [0.25, 0.3) is 11.4 Å². The van der Waals surface area contributed by atoms with Gasteiger partial charge in [-0.2, -0.15) is 11.3 Å². The number of thioether (sulfide) groups is 1. The molecule has 0 aliphatic heterocycles. The Morgan fingerprint density at radius 1 is 0.972 bits per heavy atom. The molecule has 0 radical (unpaired) electrons. The van der Waals surface area contributed by atoms with Gasteiger partial charge in [0.15, 0.2) is 5.82 Å². The Balaban J connectivity index is 1.95. The summed E-state index contributed by atoms with van der Waals surface area (Å²) >= 11 is 2.46. The van der Waals surface area contributed by atoms with E-state index in [1.54, 1.807) is 78.8 Å². The standard InChI is InChI=1S/C25H30N4O5S2/c1-16(20(30)28(18-11-9-8-10-12-18)22(31)33-24(2,3)4)36-21-27-26-19(17-13-14-35-15-17)29(21)23(32)34-25(5,6)7/h8-16H,1-7H3. The molecule has 3 rings (SSSR count). The van der Waals surface area contributed by atoms with Crippen molar-refractivity contribution in [1.29, 1.82) is 0 Å². The Bertz CT molecular complexity index is 1210. The van der Waals surface area contributed by atoms with Crippen LogP contribution in [0.15, 0.2) is 52.3 Å². The van der Waals surface area contributed by atoms with Gasteiger partial charge in [-0.3, -0.25) is 4.79 Å². The third-order valence-electron chi connectivity index (χ3n) is 4.43. The molecule has 0 saturated heterocycles. The molecule has 0 fully saturated rings. The van der Waals surface area contributed by atoms with Crippen molar-refractivity contribution in [2.24, 2.45) is 0 Å². The molecule has 9 nitrogen and oxygen atoms in total. The molecule has 192 valence electrons. The number of aromatic nitrogens is 3. The molecule has 0 spiro atoms. The van der Waals surface area contributed by atoms with E-state index in [0.29, 0.717) is 17.1 Å². The fraction of sp³-hybridized carbons (Fsp3) is 0.400. The van der Waals surface area contributed by atoms with Gasteiger partial charge in [0, 0.05) is 10.9 Å². The summed E-state index contributed by atoms with van der Waals surface area (Å²) in [6.45, 7) is 12.1. The molecule has 2 heterocycles. The van der Waals surface area contributed by atoms with Crippen molar-refractivity contribution in [2.45, 2.75) is 70.1 Å². The molecule has 3 aromatic rings. The predicted octanol–water partition coefficient (Wildman–Crippen LogP) is 6.24. The maximum absolute atomic E-state index is 13.6. The molecule has 1 aromatic carbocycles. The fourth-order valence-corrected chi connectivity index (χ4v) is 4.51. The molecule has 0 aliphatic carbocycles. The number of thiophene rings is 1. The summed E-state index contributed by atoms with van der Waals surface area (Å²) < 4.78 is 12.3. The number of carbonyl (C=O) groups excluding carboxylic acids is 3. The first kappa shape index (κ1) is 27.4. The Kier molecular flexibility index (Phi) is 8.25. The summed E-state index contributed by atoms with van der Waals surface area (Å²) in [5, 5.41) is 11.4. The lowest BCUT2D eigenvalue weighted by Crippen LogP contribution is -2.44. The van der Waals surface area contributed by atoms with Gasteiger partial charge in [-0.05, 0) is 72.0 Å². The summed E-state index contributed by atoms with van der Waals surface area (Å²) in [6, 6.07) is 10.4. The lowest BCUT2D eigenvalue weighted by molar-refractivity contribution is -0.117. The summed E-state index contributed by atoms with van der Waals surface area (Å²) in [5.74, 6) is -0.226. The molecule has 11 heteroatoms. The summed E-state index contributed by atoms with van der Waals surface area (Å²) in [5.41, 5.74) is -0.481.